The quantitative estimate of drug-likeness (QED) is 0.260. The Balaban J connectivity index is 1.75. The van der Waals surface area contributed by atoms with Gasteiger partial charge in [0.1, 0.15) is 0 Å². The summed E-state index contributed by atoms with van der Waals surface area (Å²) in [7, 11) is -7.49. The summed E-state index contributed by atoms with van der Waals surface area (Å²) in [6.45, 7) is 0. The monoisotopic (exact) mass is 645 g/mol. The highest BCUT2D eigenvalue weighted by atomic mass is 35.5. The summed E-state index contributed by atoms with van der Waals surface area (Å²) in [5.74, 6) is 0. The first kappa shape index (κ1) is 28.5. The van der Waals surface area contributed by atoms with E-state index in [0.717, 1.165) is 41.9 Å². The van der Waals surface area contributed by atoms with E-state index in [2.05, 4.69) is 4.72 Å². The lowest BCUT2D eigenvalue weighted by Crippen LogP contribution is -2.18. The highest BCUT2D eigenvalue weighted by molar-refractivity contribution is 7.93. The number of anilines is 2. The second-order valence-electron chi connectivity index (χ2n) is 7.72. The Morgan fingerprint density at radius 1 is 0.789 bits per heavy atom. The SMILES string of the molecule is Cn1sc(=O)c2cc(S(=O)(=O)Nc3cc(Cl)c(Cl)cc3NS(=O)(=O)c3ccc(Cl)c(C(F)(F)F)c3)ccc21. The van der Waals surface area contributed by atoms with Crippen LogP contribution in [0, 0.1) is 0 Å². The van der Waals surface area contributed by atoms with Gasteiger partial charge >= 0.3 is 6.18 Å². The van der Waals surface area contributed by atoms with E-state index in [1.54, 1.807) is 11.0 Å². The Labute approximate surface area is 232 Å². The Morgan fingerprint density at radius 2 is 1.29 bits per heavy atom. The number of hydrogen-bond acceptors (Lipinski definition) is 6. The van der Waals surface area contributed by atoms with E-state index in [1.165, 1.54) is 12.1 Å². The lowest BCUT2D eigenvalue weighted by Gasteiger charge is -2.17. The number of aromatic nitrogens is 1. The lowest BCUT2D eigenvalue weighted by molar-refractivity contribution is -0.137. The summed E-state index contributed by atoms with van der Waals surface area (Å²) >= 11 is 18.5. The van der Waals surface area contributed by atoms with Crippen LogP contribution in [-0.4, -0.2) is 20.8 Å². The van der Waals surface area contributed by atoms with Crippen molar-refractivity contribution in [3.8, 4) is 0 Å². The average molecular weight is 647 g/mol. The smallest absolute Gasteiger partial charge is 0.297 e. The van der Waals surface area contributed by atoms with Gasteiger partial charge in [-0.3, -0.25) is 18.2 Å². The first-order valence-electron chi connectivity index (χ1n) is 10.0. The van der Waals surface area contributed by atoms with Crippen LogP contribution in [-0.2, 0) is 33.3 Å². The van der Waals surface area contributed by atoms with Gasteiger partial charge in [-0.25, -0.2) is 16.8 Å². The molecule has 17 heteroatoms. The van der Waals surface area contributed by atoms with Gasteiger partial charge in [-0.05, 0) is 60.1 Å². The van der Waals surface area contributed by atoms with Gasteiger partial charge < -0.3 is 0 Å². The van der Waals surface area contributed by atoms with E-state index in [-0.39, 0.29) is 30.8 Å². The molecule has 4 rings (SSSR count). The maximum Gasteiger partial charge on any atom is 0.417 e. The third-order valence-corrected chi connectivity index (χ3v) is 9.79. The van der Waals surface area contributed by atoms with E-state index >= 15 is 0 Å². The van der Waals surface area contributed by atoms with Gasteiger partial charge in [0.05, 0.1) is 52.7 Å². The maximum atomic E-state index is 13.2. The second-order valence-corrected chi connectivity index (χ2v) is 13.4. The standard InChI is InChI=1S/C21H13Cl3F3N3O5S3/c1-30-19-5-3-10(6-12(19)20(31)36-30)37(32,33)28-17-8-15(23)16(24)9-18(17)29-38(34,35)11-2-4-14(22)13(7-11)21(25,26)27/h2-9,28-29H,1H3. The Hall–Kier alpha value is -2.49. The maximum absolute atomic E-state index is 13.2. The van der Waals surface area contributed by atoms with E-state index in [9.17, 15) is 34.8 Å². The highest BCUT2D eigenvalue weighted by Crippen LogP contribution is 2.38. The van der Waals surface area contributed by atoms with Gasteiger partial charge in [0.15, 0.2) is 0 Å². The van der Waals surface area contributed by atoms with Gasteiger partial charge in [0.2, 0.25) is 0 Å². The molecule has 202 valence electrons. The van der Waals surface area contributed by atoms with Crippen molar-refractivity contribution >= 4 is 88.7 Å². The Kier molecular flexibility index (Phi) is 7.44. The van der Waals surface area contributed by atoms with Crippen LogP contribution in [0.5, 0.6) is 0 Å². The molecule has 38 heavy (non-hydrogen) atoms. The van der Waals surface area contributed by atoms with Crippen LogP contribution in [0.4, 0.5) is 24.5 Å². The summed E-state index contributed by atoms with van der Waals surface area (Å²) in [4.78, 5) is 11.1. The number of halogens is 6. The van der Waals surface area contributed by atoms with Crippen molar-refractivity contribution in [1.29, 1.82) is 0 Å². The van der Waals surface area contributed by atoms with Crippen molar-refractivity contribution in [1.82, 2.24) is 3.96 Å². The molecule has 0 fully saturated rings. The fourth-order valence-electron chi connectivity index (χ4n) is 3.35. The van der Waals surface area contributed by atoms with Crippen molar-refractivity contribution in [2.75, 3.05) is 9.44 Å². The van der Waals surface area contributed by atoms with Crippen LogP contribution in [0.2, 0.25) is 15.1 Å². The Bertz CT molecular complexity index is 1870. The predicted molar refractivity (Wildman–Crippen MR) is 142 cm³/mol. The van der Waals surface area contributed by atoms with Crippen LogP contribution < -0.4 is 14.2 Å². The molecule has 0 aliphatic carbocycles. The minimum atomic E-state index is -4.93. The van der Waals surface area contributed by atoms with Crippen molar-refractivity contribution in [3.05, 3.63) is 78.7 Å². The predicted octanol–water partition coefficient (Wildman–Crippen LogP) is 6.18. The number of hydrogen-bond donors (Lipinski definition) is 2. The molecule has 3 aromatic carbocycles. The largest absolute Gasteiger partial charge is 0.417 e. The first-order chi connectivity index (χ1) is 17.5. The molecule has 8 nitrogen and oxygen atoms in total. The fourth-order valence-corrected chi connectivity index (χ4v) is 6.87. The van der Waals surface area contributed by atoms with Gasteiger partial charge in [0, 0.05) is 7.05 Å². The number of fused-ring (bicyclic) bond motifs is 1. The Morgan fingerprint density at radius 3 is 1.82 bits per heavy atom. The van der Waals surface area contributed by atoms with Crippen LogP contribution in [0.15, 0.2) is 63.1 Å². The summed E-state index contributed by atoms with van der Waals surface area (Å²) in [6, 6.07) is 7.78. The zero-order valence-electron chi connectivity index (χ0n) is 18.6. The minimum absolute atomic E-state index is 0.152. The molecule has 0 unspecified atom stereocenters. The zero-order chi connectivity index (χ0) is 28.2. The molecule has 0 atom stereocenters. The van der Waals surface area contributed by atoms with Gasteiger partial charge in [-0.15, -0.1) is 0 Å². The van der Waals surface area contributed by atoms with Crippen LogP contribution in [0.25, 0.3) is 10.9 Å². The fraction of sp³-hybridized carbons (Fsp3) is 0.0952. The summed E-state index contributed by atoms with van der Waals surface area (Å²) < 4.78 is 97.3. The number of benzene rings is 3. The molecule has 0 radical (unpaired) electrons. The minimum Gasteiger partial charge on any atom is -0.297 e. The molecule has 1 aromatic heterocycles. The summed E-state index contributed by atoms with van der Waals surface area (Å²) in [6.07, 6.45) is -4.93. The molecule has 4 aromatic rings. The van der Waals surface area contributed by atoms with E-state index in [0.29, 0.717) is 11.6 Å². The first-order valence-corrected chi connectivity index (χ1v) is 14.9. The van der Waals surface area contributed by atoms with Gasteiger partial charge in [-0.2, -0.15) is 13.2 Å². The number of nitrogens with zero attached hydrogens (tertiary/aromatic N) is 1. The van der Waals surface area contributed by atoms with Crippen molar-refractivity contribution in [3.63, 3.8) is 0 Å². The van der Waals surface area contributed by atoms with E-state index in [1.807, 2.05) is 4.72 Å². The van der Waals surface area contributed by atoms with Crippen LogP contribution in [0.3, 0.4) is 0 Å². The molecule has 0 saturated heterocycles. The zero-order valence-corrected chi connectivity index (χ0v) is 23.3. The number of alkyl halides is 3. The number of rotatable bonds is 6. The number of nitrogens with one attached hydrogen (secondary N) is 2. The molecule has 0 spiro atoms. The van der Waals surface area contributed by atoms with Crippen molar-refractivity contribution in [2.24, 2.45) is 7.05 Å². The number of sulfonamides is 2. The van der Waals surface area contributed by atoms with Crippen molar-refractivity contribution < 1.29 is 30.0 Å². The van der Waals surface area contributed by atoms with Gasteiger partial charge in [0.25, 0.3) is 24.8 Å². The van der Waals surface area contributed by atoms with Crippen molar-refractivity contribution in [2.45, 2.75) is 16.0 Å². The molecule has 0 saturated carbocycles. The van der Waals surface area contributed by atoms with Crippen LogP contribution in [0.1, 0.15) is 5.56 Å². The highest BCUT2D eigenvalue weighted by Gasteiger charge is 2.34. The lowest BCUT2D eigenvalue weighted by atomic mass is 10.2. The molecule has 0 amide bonds. The third kappa shape index (κ3) is 5.60. The third-order valence-electron chi connectivity index (χ3n) is 5.16. The van der Waals surface area contributed by atoms with E-state index < -0.39 is 47.4 Å². The molecular weight excluding hydrogens is 634 g/mol. The van der Waals surface area contributed by atoms with Gasteiger partial charge in [-0.1, -0.05) is 34.8 Å². The topological polar surface area (TPSA) is 114 Å². The molecule has 1 heterocycles. The second kappa shape index (κ2) is 9.92. The normalized spacial score (nSPS) is 12.6. The van der Waals surface area contributed by atoms with E-state index in [4.69, 9.17) is 34.8 Å². The molecule has 0 aliphatic heterocycles. The summed E-state index contributed by atoms with van der Waals surface area (Å²) in [5.41, 5.74) is -1.69. The molecule has 0 aliphatic rings. The average Bonchev–Trinajstić information content (AvgIpc) is 3.09. The molecule has 0 bridgehead atoms. The number of aryl methyl sites for hydroxylation is 1. The molecular formula is C21H13Cl3F3N3O5S3. The summed E-state index contributed by atoms with van der Waals surface area (Å²) in [5, 5.41) is -0.890. The van der Waals surface area contributed by atoms with Crippen LogP contribution >= 0.6 is 46.3 Å². The molecule has 2 N–H and O–H groups in total.